The third kappa shape index (κ3) is 2.21. The Morgan fingerprint density at radius 3 is 2.60 bits per heavy atom. The summed E-state index contributed by atoms with van der Waals surface area (Å²) < 4.78 is 13.1. The zero-order chi connectivity index (χ0) is 10.7. The van der Waals surface area contributed by atoms with Crippen molar-refractivity contribution in [3.8, 4) is 11.1 Å². The fourth-order valence-electron chi connectivity index (χ4n) is 1.29. The van der Waals surface area contributed by atoms with Crippen LogP contribution in [-0.4, -0.2) is 9.97 Å². The van der Waals surface area contributed by atoms with Crippen LogP contribution in [0.4, 0.5) is 4.39 Å². The van der Waals surface area contributed by atoms with Crippen molar-refractivity contribution in [3.63, 3.8) is 0 Å². The first-order chi connectivity index (χ1) is 7.31. The van der Waals surface area contributed by atoms with Crippen molar-refractivity contribution >= 4 is 15.9 Å². The summed E-state index contributed by atoms with van der Waals surface area (Å²) in [4.78, 5) is 7.64. The summed E-state index contributed by atoms with van der Waals surface area (Å²) in [6.45, 7) is 0. The molecule has 0 radical (unpaired) electrons. The lowest BCUT2D eigenvalue weighted by Gasteiger charge is -2.03. The van der Waals surface area contributed by atoms with Gasteiger partial charge in [0.1, 0.15) is 0 Å². The fourth-order valence-corrected chi connectivity index (χ4v) is 1.68. The number of aromatic nitrogens is 2. The third-order valence-corrected chi connectivity index (χ3v) is 2.67. The molecule has 0 spiro atoms. The van der Waals surface area contributed by atoms with E-state index in [4.69, 9.17) is 0 Å². The highest BCUT2D eigenvalue weighted by atomic mass is 79.9. The average molecular weight is 267 g/mol. The van der Waals surface area contributed by atoms with E-state index in [-0.39, 0.29) is 0 Å². The lowest BCUT2D eigenvalue weighted by atomic mass is 10.1. The molecule has 0 aromatic carbocycles. The summed E-state index contributed by atoms with van der Waals surface area (Å²) >= 11 is 3.22. The van der Waals surface area contributed by atoms with Gasteiger partial charge in [-0.1, -0.05) is 15.9 Å². The summed E-state index contributed by atoms with van der Waals surface area (Å²) in [5.74, 6) is -0.426. The van der Waals surface area contributed by atoms with Crippen molar-refractivity contribution in [1.29, 1.82) is 0 Å². The molecule has 0 saturated heterocycles. The van der Waals surface area contributed by atoms with Crippen molar-refractivity contribution < 1.29 is 4.39 Å². The van der Waals surface area contributed by atoms with Gasteiger partial charge in [0.2, 0.25) is 5.95 Å². The quantitative estimate of drug-likeness (QED) is 0.617. The van der Waals surface area contributed by atoms with Crippen molar-refractivity contribution in [2.24, 2.45) is 0 Å². The van der Waals surface area contributed by atoms with Gasteiger partial charge in [-0.25, -0.2) is 4.98 Å². The van der Waals surface area contributed by atoms with Gasteiger partial charge in [0.05, 0.1) is 0 Å². The van der Waals surface area contributed by atoms with Crippen molar-refractivity contribution in [1.82, 2.24) is 9.97 Å². The molecule has 0 atom stereocenters. The number of hydrogen-bond acceptors (Lipinski definition) is 2. The summed E-state index contributed by atoms with van der Waals surface area (Å²) in [5.41, 5.74) is 2.44. The standard InChI is InChI=1S/C11H8BrFN2/c12-6-9-5-10(7-15-11(9)13)8-1-3-14-4-2-8/h1-5,7H,6H2. The number of hydrogen-bond donors (Lipinski definition) is 0. The molecule has 0 amide bonds. The Kier molecular flexibility index (Phi) is 3.06. The molecule has 0 saturated carbocycles. The van der Waals surface area contributed by atoms with E-state index in [2.05, 4.69) is 25.9 Å². The van der Waals surface area contributed by atoms with E-state index in [1.54, 1.807) is 18.5 Å². The molecule has 76 valence electrons. The minimum Gasteiger partial charge on any atom is -0.265 e. The van der Waals surface area contributed by atoms with E-state index in [0.29, 0.717) is 10.9 Å². The minimum atomic E-state index is -0.426. The van der Waals surface area contributed by atoms with E-state index in [1.807, 2.05) is 12.1 Å². The molecular formula is C11H8BrFN2. The second-order valence-corrected chi connectivity index (χ2v) is 3.60. The third-order valence-electron chi connectivity index (χ3n) is 2.07. The van der Waals surface area contributed by atoms with Crippen LogP contribution in [0.3, 0.4) is 0 Å². The van der Waals surface area contributed by atoms with E-state index in [1.165, 1.54) is 6.20 Å². The summed E-state index contributed by atoms with van der Waals surface area (Å²) in [6.07, 6.45) is 4.93. The van der Waals surface area contributed by atoms with Gasteiger partial charge >= 0.3 is 0 Å². The zero-order valence-electron chi connectivity index (χ0n) is 7.82. The van der Waals surface area contributed by atoms with Gasteiger partial charge in [0.15, 0.2) is 0 Å². The molecular weight excluding hydrogens is 259 g/mol. The maximum atomic E-state index is 13.1. The Labute approximate surface area is 95.3 Å². The molecule has 0 unspecified atom stereocenters. The highest BCUT2D eigenvalue weighted by molar-refractivity contribution is 9.08. The van der Waals surface area contributed by atoms with E-state index in [9.17, 15) is 4.39 Å². The number of pyridine rings is 2. The first kappa shape index (κ1) is 10.2. The Hall–Kier alpha value is -1.29. The van der Waals surface area contributed by atoms with Gasteiger partial charge in [-0.3, -0.25) is 4.98 Å². The van der Waals surface area contributed by atoms with Crippen LogP contribution in [0.25, 0.3) is 11.1 Å². The lowest BCUT2D eigenvalue weighted by Crippen LogP contribution is -1.91. The lowest BCUT2D eigenvalue weighted by molar-refractivity contribution is 0.574. The highest BCUT2D eigenvalue weighted by Crippen LogP contribution is 2.20. The second kappa shape index (κ2) is 4.49. The maximum absolute atomic E-state index is 13.1. The first-order valence-electron chi connectivity index (χ1n) is 4.42. The number of alkyl halides is 1. The van der Waals surface area contributed by atoms with Gasteiger partial charge in [-0.15, -0.1) is 0 Å². The highest BCUT2D eigenvalue weighted by Gasteiger charge is 2.04. The van der Waals surface area contributed by atoms with E-state index < -0.39 is 5.95 Å². The topological polar surface area (TPSA) is 25.8 Å². The molecule has 0 aliphatic carbocycles. The van der Waals surface area contributed by atoms with Crippen LogP contribution < -0.4 is 0 Å². The van der Waals surface area contributed by atoms with E-state index in [0.717, 1.165) is 11.1 Å². The molecule has 2 nitrogen and oxygen atoms in total. The van der Waals surface area contributed by atoms with Gasteiger partial charge in [0.25, 0.3) is 0 Å². The van der Waals surface area contributed by atoms with Crippen LogP contribution in [0.1, 0.15) is 5.56 Å². The van der Waals surface area contributed by atoms with Crippen LogP contribution in [0.5, 0.6) is 0 Å². The number of rotatable bonds is 2. The molecule has 0 aliphatic heterocycles. The molecule has 0 N–H and O–H groups in total. The summed E-state index contributed by atoms with van der Waals surface area (Å²) in [5, 5.41) is 0.463. The normalized spacial score (nSPS) is 10.3. The SMILES string of the molecule is Fc1ncc(-c2ccncc2)cc1CBr. The summed E-state index contributed by atoms with van der Waals surface area (Å²) in [7, 11) is 0. The number of halogens is 2. The van der Waals surface area contributed by atoms with Crippen LogP contribution in [0.2, 0.25) is 0 Å². The van der Waals surface area contributed by atoms with Crippen molar-refractivity contribution in [2.75, 3.05) is 0 Å². The molecule has 0 fully saturated rings. The summed E-state index contributed by atoms with van der Waals surface area (Å²) in [6, 6.07) is 5.52. The molecule has 2 aromatic rings. The molecule has 4 heteroatoms. The van der Waals surface area contributed by atoms with Crippen molar-refractivity contribution in [3.05, 3.63) is 48.3 Å². The zero-order valence-corrected chi connectivity index (χ0v) is 9.41. The Balaban J connectivity index is 2.46. The van der Waals surface area contributed by atoms with Gasteiger partial charge in [-0.2, -0.15) is 4.39 Å². The molecule has 0 bridgehead atoms. The number of nitrogens with zero attached hydrogens (tertiary/aromatic N) is 2. The van der Waals surface area contributed by atoms with Crippen LogP contribution in [0.15, 0.2) is 36.8 Å². The fraction of sp³-hybridized carbons (Fsp3) is 0.0909. The van der Waals surface area contributed by atoms with Gasteiger partial charge < -0.3 is 0 Å². The maximum Gasteiger partial charge on any atom is 0.216 e. The van der Waals surface area contributed by atoms with Gasteiger partial charge in [0, 0.05) is 35.0 Å². The van der Waals surface area contributed by atoms with Crippen molar-refractivity contribution in [2.45, 2.75) is 5.33 Å². The molecule has 2 heterocycles. The predicted molar refractivity (Wildman–Crippen MR) is 60.1 cm³/mol. The Morgan fingerprint density at radius 1 is 1.20 bits per heavy atom. The van der Waals surface area contributed by atoms with Gasteiger partial charge in [-0.05, 0) is 23.8 Å². The Bertz CT molecular complexity index is 459. The average Bonchev–Trinajstić information content (AvgIpc) is 2.31. The molecule has 2 rings (SSSR count). The Morgan fingerprint density at radius 2 is 1.93 bits per heavy atom. The second-order valence-electron chi connectivity index (χ2n) is 3.04. The van der Waals surface area contributed by atoms with Crippen LogP contribution in [0, 0.1) is 5.95 Å². The molecule has 2 aromatic heterocycles. The van der Waals surface area contributed by atoms with E-state index >= 15 is 0 Å². The van der Waals surface area contributed by atoms with Crippen LogP contribution >= 0.6 is 15.9 Å². The largest absolute Gasteiger partial charge is 0.265 e. The molecule has 0 aliphatic rings. The monoisotopic (exact) mass is 266 g/mol. The first-order valence-corrected chi connectivity index (χ1v) is 5.54. The minimum absolute atomic E-state index is 0.426. The molecule has 15 heavy (non-hydrogen) atoms. The van der Waals surface area contributed by atoms with Crippen LogP contribution in [-0.2, 0) is 5.33 Å². The smallest absolute Gasteiger partial charge is 0.216 e. The predicted octanol–water partition coefficient (Wildman–Crippen LogP) is 3.18.